The molecule has 1 saturated heterocycles. The molecular formula is C24H26N4O. The lowest BCUT2D eigenvalue weighted by Gasteiger charge is -2.17. The van der Waals surface area contributed by atoms with E-state index in [1.807, 2.05) is 24.7 Å². The quantitative estimate of drug-likeness (QED) is 0.478. The summed E-state index contributed by atoms with van der Waals surface area (Å²) in [7, 11) is 0. The molecule has 148 valence electrons. The maximum atomic E-state index is 6.05. The van der Waals surface area contributed by atoms with Crippen molar-refractivity contribution in [1.29, 1.82) is 0 Å². The first-order chi connectivity index (χ1) is 14.3. The van der Waals surface area contributed by atoms with Gasteiger partial charge in [-0.25, -0.2) is 9.97 Å². The molecule has 29 heavy (non-hydrogen) atoms. The van der Waals surface area contributed by atoms with E-state index in [1.54, 1.807) is 0 Å². The number of hydrogen-bond acceptors (Lipinski definition) is 4. The number of para-hydroxylation sites is 2. The van der Waals surface area contributed by atoms with Crippen molar-refractivity contribution in [3.8, 4) is 11.5 Å². The molecule has 5 nitrogen and oxygen atoms in total. The second-order valence-corrected chi connectivity index (χ2v) is 7.88. The summed E-state index contributed by atoms with van der Waals surface area (Å²) in [5.74, 6) is 1.66. The number of fused-ring (bicyclic) bond motifs is 1. The minimum Gasteiger partial charge on any atom is -0.440 e. The van der Waals surface area contributed by atoms with Gasteiger partial charge in [0, 0.05) is 12.1 Å². The zero-order valence-electron chi connectivity index (χ0n) is 16.6. The monoisotopic (exact) mass is 386 g/mol. The van der Waals surface area contributed by atoms with E-state index in [9.17, 15) is 0 Å². The third kappa shape index (κ3) is 4.10. The van der Waals surface area contributed by atoms with Crippen LogP contribution in [-0.2, 0) is 13.1 Å². The number of rotatable bonds is 5. The molecule has 0 bridgehead atoms. The first kappa shape index (κ1) is 18.1. The molecule has 0 amide bonds. The van der Waals surface area contributed by atoms with E-state index in [0.29, 0.717) is 5.89 Å². The van der Waals surface area contributed by atoms with Crippen LogP contribution in [0.4, 0.5) is 0 Å². The molecule has 0 spiro atoms. The van der Waals surface area contributed by atoms with Crippen molar-refractivity contribution in [3.05, 3.63) is 72.4 Å². The number of oxazole rings is 1. The van der Waals surface area contributed by atoms with Gasteiger partial charge in [-0.2, -0.15) is 0 Å². The van der Waals surface area contributed by atoms with Crippen molar-refractivity contribution in [3.63, 3.8) is 0 Å². The van der Waals surface area contributed by atoms with Crippen LogP contribution in [0.1, 0.15) is 37.0 Å². The summed E-state index contributed by atoms with van der Waals surface area (Å²) in [6.07, 6.45) is 9.05. The number of aromatic nitrogens is 3. The minimum absolute atomic E-state index is 0.703. The predicted octanol–water partition coefficient (Wildman–Crippen LogP) is 5.12. The zero-order valence-corrected chi connectivity index (χ0v) is 16.6. The normalized spacial score (nSPS) is 15.6. The Balaban J connectivity index is 1.27. The Labute approximate surface area is 171 Å². The van der Waals surface area contributed by atoms with Crippen molar-refractivity contribution in [1.82, 2.24) is 19.4 Å². The van der Waals surface area contributed by atoms with Gasteiger partial charge in [0.05, 0.1) is 30.1 Å². The van der Waals surface area contributed by atoms with Crippen molar-refractivity contribution in [2.75, 3.05) is 13.1 Å². The number of likely N-dealkylation sites (tertiary alicyclic amines) is 1. The first-order valence-electron chi connectivity index (χ1n) is 10.5. The molecule has 1 aliphatic heterocycles. The maximum absolute atomic E-state index is 6.05. The number of imidazole rings is 1. The van der Waals surface area contributed by atoms with Gasteiger partial charge in [-0.3, -0.25) is 4.90 Å². The van der Waals surface area contributed by atoms with Gasteiger partial charge in [0.25, 0.3) is 0 Å². The second-order valence-electron chi connectivity index (χ2n) is 7.88. The van der Waals surface area contributed by atoms with Gasteiger partial charge in [-0.1, -0.05) is 37.1 Å². The molecule has 2 aromatic carbocycles. The zero-order chi connectivity index (χ0) is 19.5. The summed E-state index contributed by atoms with van der Waals surface area (Å²) in [6, 6.07) is 16.7. The molecule has 0 N–H and O–H groups in total. The average molecular weight is 386 g/mol. The maximum Gasteiger partial charge on any atom is 0.226 e. The van der Waals surface area contributed by atoms with Crippen LogP contribution in [0.2, 0.25) is 0 Å². The Hall–Kier alpha value is -2.92. The van der Waals surface area contributed by atoms with Crippen LogP contribution in [0.15, 0.2) is 65.5 Å². The molecule has 2 aromatic heterocycles. The fraction of sp³-hybridized carbons (Fsp3) is 0.333. The van der Waals surface area contributed by atoms with Crippen molar-refractivity contribution in [2.24, 2.45) is 0 Å². The van der Waals surface area contributed by atoms with Gasteiger partial charge < -0.3 is 8.98 Å². The minimum atomic E-state index is 0.703. The van der Waals surface area contributed by atoms with Gasteiger partial charge in [-0.15, -0.1) is 0 Å². The Morgan fingerprint density at radius 2 is 1.62 bits per heavy atom. The van der Waals surface area contributed by atoms with Crippen LogP contribution in [0.3, 0.4) is 0 Å². The summed E-state index contributed by atoms with van der Waals surface area (Å²) < 4.78 is 8.22. The molecule has 5 heteroatoms. The molecule has 0 radical (unpaired) electrons. The number of nitrogens with zero attached hydrogens (tertiary/aromatic N) is 4. The molecule has 4 aromatic rings. The molecule has 3 heterocycles. The lowest BCUT2D eigenvalue weighted by atomic mass is 10.1. The van der Waals surface area contributed by atoms with E-state index in [0.717, 1.165) is 48.5 Å². The van der Waals surface area contributed by atoms with Crippen molar-refractivity contribution in [2.45, 2.75) is 38.8 Å². The van der Waals surface area contributed by atoms with Crippen molar-refractivity contribution >= 4 is 11.0 Å². The smallest absolute Gasteiger partial charge is 0.226 e. The molecule has 0 atom stereocenters. The summed E-state index contributed by atoms with van der Waals surface area (Å²) in [5.41, 5.74) is 4.43. The Bertz CT molecular complexity index is 1070. The third-order valence-electron chi connectivity index (χ3n) is 5.71. The fourth-order valence-corrected chi connectivity index (χ4v) is 4.11. The second kappa shape index (κ2) is 8.21. The van der Waals surface area contributed by atoms with Gasteiger partial charge >= 0.3 is 0 Å². The summed E-state index contributed by atoms with van der Waals surface area (Å²) in [5, 5.41) is 0. The van der Waals surface area contributed by atoms with Crippen LogP contribution in [-0.4, -0.2) is 32.5 Å². The first-order valence-corrected chi connectivity index (χ1v) is 10.5. The highest BCUT2D eigenvalue weighted by Gasteiger charge is 2.13. The molecule has 0 saturated carbocycles. The van der Waals surface area contributed by atoms with E-state index >= 15 is 0 Å². The van der Waals surface area contributed by atoms with E-state index in [2.05, 4.69) is 55.8 Å². The predicted molar refractivity (Wildman–Crippen MR) is 115 cm³/mol. The third-order valence-corrected chi connectivity index (χ3v) is 5.71. The van der Waals surface area contributed by atoms with E-state index in [-0.39, 0.29) is 0 Å². The number of benzene rings is 2. The van der Waals surface area contributed by atoms with Crippen molar-refractivity contribution < 1.29 is 4.42 Å². The van der Waals surface area contributed by atoms with Crippen LogP contribution in [0, 0.1) is 0 Å². The Morgan fingerprint density at radius 3 is 2.45 bits per heavy atom. The SMILES string of the molecule is c1ccc2c(c1)ncn2Cc1ccc(-c2ncc(CN3CCCCCC3)o2)cc1. The summed E-state index contributed by atoms with van der Waals surface area (Å²) >= 11 is 0. The summed E-state index contributed by atoms with van der Waals surface area (Å²) in [4.78, 5) is 11.5. The molecule has 1 fully saturated rings. The van der Waals surface area contributed by atoms with E-state index in [1.165, 1.54) is 31.2 Å². The van der Waals surface area contributed by atoms with E-state index in [4.69, 9.17) is 4.42 Å². The Morgan fingerprint density at radius 1 is 0.828 bits per heavy atom. The molecule has 1 aliphatic rings. The topological polar surface area (TPSA) is 47.1 Å². The highest BCUT2D eigenvalue weighted by molar-refractivity contribution is 5.75. The highest BCUT2D eigenvalue weighted by Crippen LogP contribution is 2.22. The fourth-order valence-electron chi connectivity index (χ4n) is 4.11. The lowest BCUT2D eigenvalue weighted by molar-refractivity contribution is 0.254. The average Bonchev–Trinajstić information content (AvgIpc) is 3.30. The largest absolute Gasteiger partial charge is 0.440 e. The van der Waals surface area contributed by atoms with Gasteiger partial charge in [0.15, 0.2) is 0 Å². The van der Waals surface area contributed by atoms with Gasteiger partial charge in [0.1, 0.15) is 5.76 Å². The van der Waals surface area contributed by atoms with Gasteiger partial charge in [0.2, 0.25) is 5.89 Å². The molecule has 5 rings (SSSR count). The standard InChI is InChI=1S/C24H26N4O/c1-2-6-14-27(13-5-1)17-21-15-25-24(29-21)20-11-9-19(10-12-20)16-28-18-26-22-7-3-4-8-23(22)28/h3-4,7-12,15,18H,1-2,5-6,13-14,16-17H2. The van der Waals surface area contributed by atoms with Crippen LogP contribution in [0.25, 0.3) is 22.5 Å². The van der Waals surface area contributed by atoms with Crippen LogP contribution < -0.4 is 0 Å². The van der Waals surface area contributed by atoms with Crippen LogP contribution >= 0.6 is 0 Å². The lowest BCUT2D eigenvalue weighted by Crippen LogP contribution is -2.23. The Kier molecular flexibility index (Phi) is 5.13. The van der Waals surface area contributed by atoms with Crippen LogP contribution in [0.5, 0.6) is 0 Å². The summed E-state index contributed by atoms with van der Waals surface area (Å²) in [6.45, 7) is 3.98. The number of hydrogen-bond donors (Lipinski definition) is 0. The molecule has 0 aliphatic carbocycles. The van der Waals surface area contributed by atoms with Gasteiger partial charge in [-0.05, 0) is 55.8 Å². The molecule has 0 unspecified atom stereocenters. The molecular weight excluding hydrogens is 360 g/mol. The van der Waals surface area contributed by atoms with E-state index < -0.39 is 0 Å². The highest BCUT2D eigenvalue weighted by atomic mass is 16.4.